The summed E-state index contributed by atoms with van der Waals surface area (Å²) >= 11 is 0. The van der Waals surface area contributed by atoms with Gasteiger partial charge in [-0.05, 0) is 38.8 Å². The van der Waals surface area contributed by atoms with Crippen LogP contribution in [0.15, 0.2) is 18.2 Å². The Balaban J connectivity index is 1.70. The van der Waals surface area contributed by atoms with Crippen molar-refractivity contribution in [2.24, 2.45) is 0 Å². The molecule has 1 aliphatic rings. The Morgan fingerprint density at radius 3 is 1.83 bits per heavy atom. The summed E-state index contributed by atoms with van der Waals surface area (Å²) in [6.45, 7) is 9.18. The Morgan fingerprint density at radius 1 is 0.931 bits per heavy atom. The quantitative estimate of drug-likeness (QED) is 0.648. The fourth-order valence-corrected chi connectivity index (χ4v) is 3.34. The number of amides is 2. The van der Waals surface area contributed by atoms with Crippen LogP contribution in [0.1, 0.15) is 32.8 Å². The highest BCUT2D eigenvalue weighted by atomic mass is 19.1. The van der Waals surface area contributed by atoms with Gasteiger partial charge in [0.25, 0.3) is 0 Å². The number of nitrogens with one attached hydrogen (secondary N) is 2. The van der Waals surface area contributed by atoms with Crippen LogP contribution >= 0.6 is 0 Å². The zero-order chi connectivity index (χ0) is 21.4. The maximum atomic E-state index is 13.7. The van der Waals surface area contributed by atoms with E-state index < -0.39 is 11.6 Å². The SMILES string of the molecule is CCC(C)NC(=O)CN1CCN(CC(=O)NC(C)Cc2c(F)cccc2F)CC1. The molecule has 1 fully saturated rings. The van der Waals surface area contributed by atoms with Crippen LogP contribution < -0.4 is 10.6 Å². The third-order valence-corrected chi connectivity index (χ3v) is 5.20. The standard InChI is InChI=1S/C21H32F2N4O2/c1-4-15(2)24-20(28)13-26-8-10-27(11-9-26)14-21(29)25-16(3)12-17-18(22)6-5-7-19(17)23/h5-7,15-16H,4,8-14H2,1-3H3,(H,24,28)(H,25,29). The van der Waals surface area contributed by atoms with Gasteiger partial charge in [0.05, 0.1) is 13.1 Å². The summed E-state index contributed by atoms with van der Waals surface area (Å²) in [7, 11) is 0. The highest BCUT2D eigenvalue weighted by Crippen LogP contribution is 2.14. The van der Waals surface area contributed by atoms with E-state index in [1.54, 1.807) is 6.92 Å². The van der Waals surface area contributed by atoms with Crippen LogP contribution in [0.3, 0.4) is 0 Å². The number of halogens is 2. The highest BCUT2D eigenvalue weighted by Gasteiger charge is 2.22. The molecule has 2 unspecified atom stereocenters. The second-order valence-corrected chi connectivity index (χ2v) is 7.80. The Bertz CT molecular complexity index is 673. The fraction of sp³-hybridized carbons (Fsp3) is 0.619. The molecule has 1 aromatic rings. The molecule has 0 saturated carbocycles. The van der Waals surface area contributed by atoms with Crippen LogP contribution in [0.5, 0.6) is 0 Å². The smallest absolute Gasteiger partial charge is 0.234 e. The molecular weight excluding hydrogens is 378 g/mol. The third kappa shape index (κ3) is 7.70. The Hall–Kier alpha value is -2.06. The van der Waals surface area contributed by atoms with Crippen LogP contribution in [0.4, 0.5) is 8.78 Å². The molecule has 0 aromatic heterocycles. The second-order valence-electron chi connectivity index (χ2n) is 7.80. The number of rotatable bonds is 9. The van der Waals surface area contributed by atoms with Gasteiger partial charge in [0.15, 0.2) is 0 Å². The first-order chi connectivity index (χ1) is 13.8. The maximum absolute atomic E-state index is 13.7. The minimum Gasteiger partial charge on any atom is -0.353 e. The molecule has 8 heteroatoms. The van der Waals surface area contributed by atoms with Crippen LogP contribution in [0.25, 0.3) is 0 Å². The van der Waals surface area contributed by atoms with Gasteiger partial charge in [-0.2, -0.15) is 0 Å². The van der Waals surface area contributed by atoms with E-state index in [2.05, 4.69) is 15.5 Å². The van der Waals surface area contributed by atoms with Crippen molar-refractivity contribution in [3.63, 3.8) is 0 Å². The Kier molecular flexibility index (Phi) is 8.98. The number of hydrogen-bond acceptors (Lipinski definition) is 4. The lowest BCUT2D eigenvalue weighted by Gasteiger charge is -2.34. The molecule has 2 amide bonds. The lowest BCUT2D eigenvalue weighted by Crippen LogP contribution is -2.52. The fourth-order valence-electron chi connectivity index (χ4n) is 3.34. The van der Waals surface area contributed by atoms with Gasteiger partial charge in [0.2, 0.25) is 11.8 Å². The number of benzene rings is 1. The van der Waals surface area contributed by atoms with E-state index in [-0.39, 0.29) is 42.4 Å². The lowest BCUT2D eigenvalue weighted by atomic mass is 10.1. The van der Waals surface area contributed by atoms with Gasteiger partial charge in [-0.25, -0.2) is 8.78 Å². The number of nitrogens with zero attached hydrogens (tertiary/aromatic N) is 2. The minimum absolute atomic E-state index is 0.00965. The van der Waals surface area contributed by atoms with E-state index in [0.717, 1.165) is 19.5 Å². The van der Waals surface area contributed by atoms with Gasteiger partial charge in [-0.3, -0.25) is 19.4 Å². The van der Waals surface area contributed by atoms with Crippen molar-refractivity contribution in [1.29, 1.82) is 0 Å². The molecule has 1 saturated heterocycles. The van der Waals surface area contributed by atoms with Crippen molar-refractivity contribution < 1.29 is 18.4 Å². The number of hydrogen-bond donors (Lipinski definition) is 2. The van der Waals surface area contributed by atoms with Gasteiger partial charge >= 0.3 is 0 Å². The largest absolute Gasteiger partial charge is 0.353 e. The molecule has 29 heavy (non-hydrogen) atoms. The maximum Gasteiger partial charge on any atom is 0.234 e. The van der Waals surface area contributed by atoms with Crippen LogP contribution in [0.2, 0.25) is 0 Å². The molecule has 0 bridgehead atoms. The monoisotopic (exact) mass is 410 g/mol. The van der Waals surface area contributed by atoms with Crippen molar-refractivity contribution >= 4 is 11.8 Å². The molecule has 2 atom stereocenters. The van der Waals surface area contributed by atoms with E-state index >= 15 is 0 Å². The molecule has 2 N–H and O–H groups in total. The number of carbonyl (C=O) groups excluding carboxylic acids is 2. The third-order valence-electron chi connectivity index (χ3n) is 5.20. The normalized spacial score (nSPS) is 17.6. The van der Waals surface area contributed by atoms with Crippen LogP contribution in [0, 0.1) is 11.6 Å². The van der Waals surface area contributed by atoms with E-state index in [4.69, 9.17) is 0 Å². The average molecular weight is 411 g/mol. The summed E-state index contributed by atoms with van der Waals surface area (Å²) in [5.41, 5.74) is -0.00965. The first-order valence-electron chi connectivity index (χ1n) is 10.2. The summed E-state index contributed by atoms with van der Waals surface area (Å²) in [5.74, 6) is -1.34. The molecule has 1 aliphatic heterocycles. The molecule has 1 aromatic carbocycles. The van der Waals surface area contributed by atoms with Crippen LogP contribution in [-0.4, -0.2) is 73.0 Å². The Morgan fingerprint density at radius 2 is 1.38 bits per heavy atom. The van der Waals surface area contributed by atoms with Gasteiger partial charge in [0, 0.05) is 43.8 Å². The van der Waals surface area contributed by atoms with Crippen molar-refractivity contribution in [3.05, 3.63) is 35.4 Å². The molecule has 0 aliphatic carbocycles. The average Bonchev–Trinajstić information content (AvgIpc) is 2.66. The second kappa shape index (κ2) is 11.2. The lowest BCUT2D eigenvalue weighted by molar-refractivity contribution is -0.125. The van der Waals surface area contributed by atoms with Crippen molar-refractivity contribution in [1.82, 2.24) is 20.4 Å². The zero-order valence-electron chi connectivity index (χ0n) is 17.5. The summed E-state index contributed by atoms with van der Waals surface area (Å²) in [4.78, 5) is 28.4. The van der Waals surface area contributed by atoms with Gasteiger partial charge in [-0.15, -0.1) is 0 Å². The summed E-state index contributed by atoms with van der Waals surface area (Å²) in [6, 6.07) is 3.56. The summed E-state index contributed by atoms with van der Waals surface area (Å²) in [6.07, 6.45) is 1.000. The molecular formula is C21H32F2N4O2. The molecule has 162 valence electrons. The minimum atomic E-state index is -0.598. The van der Waals surface area contributed by atoms with Gasteiger partial charge in [-0.1, -0.05) is 13.0 Å². The van der Waals surface area contributed by atoms with Gasteiger partial charge < -0.3 is 10.6 Å². The van der Waals surface area contributed by atoms with E-state index in [0.29, 0.717) is 19.6 Å². The first kappa shape index (κ1) is 23.2. The molecule has 0 radical (unpaired) electrons. The topological polar surface area (TPSA) is 64.7 Å². The van der Waals surface area contributed by atoms with Crippen molar-refractivity contribution in [2.45, 2.75) is 45.7 Å². The number of carbonyl (C=O) groups is 2. The van der Waals surface area contributed by atoms with E-state index in [9.17, 15) is 18.4 Å². The highest BCUT2D eigenvalue weighted by molar-refractivity contribution is 5.79. The van der Waals surface area contributed by atoms with Crippen LogP contribution in [-0.2, 0) is 16.0 Å². The molecule has 2 rings (SSSR count). The number of piperazine rings is 1. The summed E-state index contributed by atoms with van der Waals surface area (Å²) in [5, 5.41) is 5.77. The predicted molar refractivity (Wildman–Crippen MR) is 108 cm³/mol. The van der Waals surface area contributed by atoms with E-state index in [1.165, 1.54) is 18.2 Å². The molecule has 6 nitrogen and oxygen atoms in total. The van der Waals surface area contributed by atoms with E-state index in [1.807, 2.05) is 18.7 Å². The molecule has 0 spiro atoms. The predicted octanol–water partition coefficient (Wildman–Crippen LogP) is 1.54. The van der Waals surface area contributed by atoms with Gasteiger partial charge in [0.1, 0.15) is 11.6 Å². The first-order valence-corrected chi connectivity index (χ1v) is 10.2. The van der Waals surface area contributed by atoms with Crippen molar-refractivity contribution in [2.75, 3.05) is 39.3 Å². The Labute approximate surface area is 171 Å². The van der Waals surface area contributed by atoms with Crippen molar-refractivity contribution in [3.8, 4) is 0 Å². The zero-order valence-corrected chi connectivity index (χ0v) is 17.5. The molecule has 1 heterocycles. The summed E-state index contributed by atoms with van der Waals surface area (Å²) < 4.78 is 27.5.